The molecule has 0 aliphatic carbocycles. The Morgan fingerprint density at radius 3 is 2.46 bits per heavy atom. The molecule has 1 saturated heterocycles. The molecule has 0 atom stereocenters. The molecule has 0 spiro atoms. The van der Waals surface area contributed by atoms with Crippen LogP contribution in [0, 0.1) is 6.92 Å². The van der Waals surface area contributed by atoms with E-state index in [9.17, 15) is 14.7 Å². The number of rotatable bonds is 4. The van der Waals surface area contributed by atoms with E-state index in [2.05, 4.69) is 9.97 Å². The summed E-state index contributed by atoms with van der Waals surface area (Å²) in [5.41, 5.74) is 5.04. The zero-order valence-corrected chi connectivity index (χ0v) is 14.4. The van der Waals surface area contributed by atoms with Crippen molar-refractivity contribution in [1.82, 2.24) is 14.9 Å². The Morgan fingerprint density at radius 2 is 1.88 bits per heavy atom. The average molecular weight is 356 g/mol. The maximum absolute atomic E-state index is 12.7. The van der Waals surface area contributed by atoms with E-state index in [4.69, 9.17) is 10.5 Å². The quantitative estimate of drug-likeness (QED) is 0.852. The molecule has 2 heterocycles. The van der Waals surface area contributed by atoms with E-state index < -0.39 is 11.6 Å². The van der Waals surface area contributed by atoms with Gasteiger partial charge >= 0.3 is 5.97 Å². The SMILES string of the molecule is Cc1nc(N)ncc1C(=O)N1CCC(Oc2ccccc2)(C(=O)O)CC1. The number of carboxylic acid groups (broad SMARTS) is 1. The van der Waals surface area contributed by atoms with Crippen molar-refractivity contribution >= 4 is 17.8 Å². The number of hydrogen-bond donors (Lipinski definition) is 2. The Labute approximate surface area is 150 Å². The van der Waals surface area contributed by atoms with Crippen LogP contribution in [0.15, 0.2) is 36.5 Å². The fourth-order valence-corrected chi connectivity index (χ4v) is 3.01. The van der Waals surface area contributed by atoms with Gasteiger partial charge in [-0.15, -0.1) is 0 Å². The lowest BCUT2D eigenvalue weighted by Gasteiger charge is -2.38. The maximum Gasteiger partial charge on any atom is 0.348 e. The Bertz CT molecular complexity index is 817. The summed E-state index contributed by atoms with van der Waals surface area (Å²) in [6.07, 6.45) is 1.79. The standard InChI is InChI=1S/C18H20N4O4/c1-12-14(11-20-17(19)21-12)15(23)22-9-7-18(8-10-22,16(24)25)26-13-5-3-2-4-6-13/h2-6,11H,7-10H2,1H3,(H,24,25)(H2,19,20,21). The van der Waals surface area contributed by atoms with Crippen LogP contribution in [0.4, 0.5) is 5.95 Å². The molecule has 0 bridgehead atoms. The summed E-state index contributed by atoms with van der Waals surface area (Å²) < 4.78 is 5.80. The molecule has 1 amide bonds. The molecule has 0 radical (unpaired) electrons. The van der Waals surface area contributed by atoms with Crippen LogP contribution in [0.2, 0.25) is 0 Å². The molecule has 136 valence electrons. The first-order chi connectivity index (χ1) is 12.4. The first-order valence-electron chi connectivity index (χ1n) is 8.27. The number of nitrogens with two attached hydrogens (primary N) is 1. The number of likely N-dealkylation sites (tertiary alicyclic amines) is 1. The molecule has 1 aromatic carbocycles. The molecule has 1 aromatic heterocycles. The van der Waals surface area contributed by atoms with Crippen molar-refractivity contribution in [2.45, 2.75) is 25.4 Å². The smallest absolute Gasteiger partial charge is 0.348 e. The van der Waals surface area contributed by atoms with Gasteiger partial charge in [0.05, 0.1) is 11.3 Å². The maximum atomic E-state index is 12.7. The van der Waals surface area contributed by atoms with Gasteiger partial charge in [-0.3, -0.25) is 4.79 Å². The molecular weight excluding hydrogens is 336 g/mol. The number of aryl methyl sites for hydroxylation is 1. The van der Waals surface area contributed by atoms with Crippen LogP contribution < -0.4 is 10.5 Å². The summed E-state index contributed by atoms with van der Waals surface area (Å²) in [4.78, 5) is 34.0. The number of carboxylic acids is 1. The second-order valence-electron chi connectivity index (χ2n) is 6.23. The molecule has 3 N–H and O–H groups in total. The minimum absolute atomic E-state index is 0.110. The van der Waals surface area contributed by atoms with Crippen LogP contribution in [0.1, 0.15) is 28.9 Å². The van der Waals surface area contributed by atoms with Gasteiger partial charge in [0, 0.05) is 32.1 Å². The summed E-state index contributed by atoms with van der Waals surface area (Å²) in [5, 5.41) is 9.70. The lowest BCUT2D eigenvalue weighted by atomic mass is 9.90. The van der Waals surface area contributed by atoms with Gasteiger partial charge in [0.15, 0.2) is 0 Å². The third-order valence-corrected chi connectivity index (χ3v) is 4.53. The molecule has 0 saturated carbocycles. The highest BCUT2D eigenvalue weighted by Crippen LogP contribution is 2.30. The summed E-state index contributed by atoms with van der Waals surface area (Å²) in [7, 11) is 0. The average Bonchev–Trinajstić information content (AvgIpc) is 2.62. The molecule has 8 heteroatoms. The van der Waals surface area contributed by atoms with Crippen molar-refractivity contribution in [3.63, 3.8) is 0 Å². The summed E-state index contributed by atoms with van der Waals surface area (Å²) in [5.74, 6) is -0.655. The van der Waals surface area contributed by atoms with Crippen LogP contribution >= 0.6 is 0 Å². The third kappa shape index (κ3) is 3.44. The molecule has 1 fully saturated rings. The lowest BCUT2D eigenvalue weighted by molar-refractivity contribution is -0.159. The molecule has 26 heavy (non-hydrogen) atoms. The number of nitrogens with zero attached hydrogens (tertiary/aromatic N) is 3. The van der Waals surface area contributed by atoms with Crippen molar-refractivity contribution in [2.24, 2.45) is 0 Å². The van der Waals surface area contributed by atoms with Crippen molar-refractivity contribution in [3.05, 3.63) is 47.8 Å². The third-order valence-electron chi connectivity index (χ3n) is 4.53. The van der Waals surface area contributed by atoms with Crippen LogP contribution in [0.5, 0.6) is 5.75 Å². The minimum atomic E-state index is -1.34. The van der Waals surface area contributed by atoms with Crippen LogP contribution in [0.25, 0.3) is 0 Å². The van der Waals surface area contributed by atoms with Crippen molar-refractivity contribution < 1.29 is 19.4 Å². The van der Waals surface area contributed by atoms with Gasteiger partial charge in [-0.25, -0.2) is 14.8 Å². The molecule has 2 aromatic rings. The highest BCUT2D eigenvalue weighted by Gasteiger charge is 2.45. The zero-order chi connectivity index (χ0) is 18.7. The number of carbonyl (C=O) groups is 2. The fourth-order valence-electron chi connectivity index (χ4n) is 3.01. The van der Waals surface area contributed by atoms with Gasteiger partial charge in [0.1, 0.15) is 5.75 Å². The summed E-state index contributed by atoms with van der Waals surface area (Å²) >= 11 is 0. The van der Waals surface area contributed by atoms with Crippen molar-refractivity contribution in [1.29, 1.82) is 0 Å². The number of aromatic nitrogens is 2. The number of hydrogen-bond acceptors (Lipinski definition) is 6. The number of benzene rings is 1. The second-order valence-corrected chi connectivity index (χ2v) is 6.23. The molecule has 3 rings (SSSR count). The van der Waals surface area contributed by atoms with Gasteiger partial charge in [0.25, 0.3) is 5.91 Å². The Morgan fingerprint density at radius 1 is 1.23 bits per heavy atom. The topological polar surface area (TPSA) is 119 Å². The van der Waals surface area contributed by atoms with Crippen LogP contribution in [-0.2, 0) is 4.79 Å². The molecule has 1 aliphatic rings. The van der Waals surface area contributed by atoms with Crippen LogP contribution in [-0.4, -0.2) is 50.5 Å². The predicted octanol–water partition coefficient (Wildman–Crippen LogP) is 1.51. The monoisotopic (exact) mass is 356 g/mol. The van der Waals surface area contributed by atoms with Crippen molar-refractivity contribution in [2.75, 3.05) is 18.8 Å². The van der Waals surface area contributed by atoms with E-state index >= 15 is 0 Å². The molecule has 0 unspecified atom stereocenters. The predicted molar refractivity (Wildman–Crippen MR) is 93.8 cm³/mol. The number of piperidine rings is 1. The van der Waals surface area contributed by atoms with Crippen LogP contribution in [0.3, 0.4) is 0 Å². The van der Waals surface area contributed by atoms with E-state index in [1.807, 2.05) is 6.07 Å². The number of carbonyl (C=O) groups excluding carboxylic acids is 1. The zero-order valence-electron chi connectivity index (χ0n) is 14.4. The van der Waals surface area contributed by atoms with Crippen molar-refractivity contribution in [3.8, 4) is 5.75 Å². The van der Waals surface area contributed by atoms with E-state index in [-0.39, 0.29) is 37.8 Å². The van der Waals surface area contributed by atoms with Gasteiger partial charge < -0.3 is 20.5 Å². The Kier molecular flexibility index (Phi) is 4.75. The van der Waals surface area contributed by atoms with Gasteiger partial charge in [-0.2, -0.15) is 0 Å². The van der Waals surface area contributed by atoms with E-state index in [1.165, 1.54) is 6.20 Å². The second kappa shape index (κ2) is 6.99. The van der Waals surface area contributed by atoms with E-state index in [0.717, 1.165) is 0 Å². The summed E-state index contributed by atoms with van der Waals surface area (Å²) in [6.45, 7) is 2.22. The largest absolute Gasteiger partial charge is 0.478 e. The highest BCUT2D eigenvalue weighted by molar-refractivity contribution is 5.95. The van der Waals surface area contributed by atoms with E-state index in [0.29, 0.717) is 17.0 Å². The Hall–Kier alpha value is -3.16. The number of para-hydroxylation sites is 1. The molecular formula is C18H20N4O4. The fraction of sp³-hybridized carbons (Fsp3) is 0.333. The number of anilines is 1. The van der Waals surface area contributed by atoms with Gasteiger partial charge in [-0.05, 0) is 19.1 Å². The van der Waals surface area contributed by atoms with Gasteiger partial charge in [-0.1, -0.05) is 18.2 Å². The molecule has 1 aliphatic heterocycles. The first kappa shape index (κ1) is 17.7. The number of ether oxygens (including phenoxy) is 1. The number of aliphatic carboxylic acids is 1. The molecule has 8 nitrogen and oxygen atoms in total. The van der Waals surface area contributed by atoms with E-state index in [1.54, 1.807) is 36.1 Å². The number of nitrogen functional groups attached to an aromatic ring is 1. The van der Waals surface area contributed by atoms with Gasteiger partial charge in [0.2, 0.25) is 11.5 Å². The lowest BCUT2D eigenvalue weighted by Crippen LogP contribution is -2.54. The first-order valence-corrected chi connectivity index (χ1v) is 8.27. The highest BCUT2D eigenvalue weighted by atomic mass is 16.5. The minimum Gasteiger partial charge on any atom is -0.478 e. The number of amides is 1. The summed E-state index contributed by atoms with van der Waals surface area (Å²) in [6, 6.07) is 8.84. The Balaban J connectivity index is 1.73. The normalized spacial score (nSPS) is 16.1.